The summed E-state index contributed by atoms with van der Waals surface area (Å²) in [4.78, 5) is 8.41. The summed E-state index contributed by atoms with van der Waals surface area (Å²) in [7, 11) is 0. The maximum absolute atomic E-state index is 10.5. The zero-order chi connectivity index (χ0) is 24.9. The Morgan fingerprint density at radius 3 is 2.36 bits per heavy atom. The maximum Gasteiger partial charge on any atom is 0.238 e. The summed E-state index contributed by atoms with van der Waals surface area (Å²) in [5.74, 6) is 7.04. The van der Waals surface area contributed by atoms with Gasteiger partial charge in [-0.1, -0.05) is 24.0 Å². The Bertz CT molecular complexity index is 1190. The minimum absolute atomic E-state index is 0.225. The van der Waals surface area contributed by atoms with Crippen molar-refractivity contribution in [3.8, 4) is 11.8 Å². The van der Waals surface area contributed by atoms with Crippen LogP contribution in [0.25, 0.3) is 0 Å². The van der Waals surface area contributed by atoms with Gasteiger partial charge in [0.05, 0.1) is 32.4 Å². The van der Waals surface area contributed by atoms with Crippen molar-refractivity contribution in [2.75, 3.05) is 37.7 Å². The van der Waals surface area contributed by atoms with Gasteiger partial charge in [-0.05, 0) is 48.9 Å². The van der Waals surface area contributed by atoms with Gasteiger partial charge in [-0.2, -0.15) is 0 Å². The van der Waals surface area contributed by atoms with E-state index in [2.05, 4.69) is 46.0 Å². The topological polar surface area (TPSA) is 83.2 Å². The highest BCUT2D eigenvalue weighted by atomic mass is 16.6. The lowest BCUT2D eigenvalue weighted by molar-refractivity contribution is -0.0920. The lowest BCUT2D eigenvalue weighted by Gasteiger charge is -2.26. The third-order valence-corrected chi connectivity index (χ3v) is 6.52. The van der Waals surface area contributed by atoms with E-state index in [1.54, 1.807) is 13.1 Å². The number of aliphatic hydroxyl groups excluding tert-OH is 2. The third-order valence-electron chi connectivity index (χ3n) is 6.52. The van der Waals surface area contributed by atoms with E-state index in [1.807, 2.05) is 39.9 Å². The number of benzene rings is 2. The lowest BCUT2D eigenvalue weighted by atomic mass is 10.1. The molecule has 0 spiro atoms. The number of rotatable bonds is 6. The molecule has 0 amide bonds. The molecule has 2 saturated heterocycles. The van der Waals surface area contributed by atoms with Gasteiger partial charge in [0.1, 0.15) is 11.9 Å². The van der Waals surface area contributed by atoms with Crippen molar-refractivity contribution in [1.82, 2.24) is 14.5 Å². The molecule has 0 radical (unpaired) electrons. The zero-order valence-corrected chi connectivity index (χ0v) is 20.5. The van der Waals surface area contributed by atoms with Crippen LogP contribution in [0.4, 0.5) is 5.69 Å². The molecule has 1 aromatic heterocycles. The van der Waals surface area contributed by atoms with Gasteiger partial charge in [-0.15, -0.1) is 0 Å². The summed E-state index contributed by atoms with van der Waals surface area (Å²) in [6, 6.07) is 16.2. The van der Waals surface area contributed by atoms with Crippen molar-refractivity contribution >= 4 is 5.69 Å². The Kier molecular flexibility index (Phi) is 7.66. The number of imidazole rings is 1. The van der Waals surface area contributed by atoms with Crippen LogP contribution in [-0.2, 0) is 22.6 Å². The van der Waals surface area contributed by atoms with Gasteiger partial charge < -0.3 is 29.2 Å². The van der Waals surface area contributed by atoms with Crippen molar-refractivity contribution in [2.24, 2.45) is 0 Å². The van der Waals surface area contributed by atoms with Gasteiger partial charge in [0, 0.05) is 48.8 Å². The summed E-state index contributed by atoms with van der Waals surface area (Å²) in [5.41, 5.74) is 4.03. The highest BCUT2D eigenvalue weighted by Crippen LogP contribution is 2.25. The molecule has 5 rings (SSSR count). The van der Waals surface area contributed by atoms with E-state index in [9.17, 15) is 10.2 Å². The van der Waals surface area contributed by atoms with Crippen LogP contribution in [0.15, 0.2) is 60.9 Å². The Morgan fingerprint density at radius 1 is 1.03 bits per heavy atom. The van der Waals surface area contributed by atoms with E-state index in [1.165, 1.54) is 5.56 Å². The van der Waals surface area contributed by atoms with Gasteiger partial charge in [0.25, 0.3) is 0 Å². The van der Waals surface area contributed by atoms with E-state index in [0.717, 1.165) is 49.7 Å². The number of aliphatic hydroxyl groups is 2. The monoisotopic (exact) mass is 488 g/mol. The maximum atomic E-state index is 10.5. The highest BCUT2D eigenvalue weighted by Gasteiger charge is 2.32. The van der Waals surface area contributed by atoms with Crippen LogP contribution >= 0.6 is 0 Å². The summed E-state index contributed by atoms with van der Waals surface area (Å²) in [6.45, 7) is 7.23. The number of ether oxygens (including phenoxy) is 2. The van der Waals surface area contributed by atoms with E-state index in [0.29, 0.717) is 18.9 Å². The molecular formula is C28H32N4O4. The number of hydrogen-bond donors (Lipinski definition) is 2. The predicted molar refractivity (Wildman–Crippen MR) is 136 cm³/mol. The second-order valence-corrected chi connectivity index (χ2v) is 9.23. The molecule has 2 aromatic carbocycles. The van der Waals surface area contributed by atoms with Crippen molar-refractivity contribution in [1.29, 1.82) is 0 Å². The number of hydrogen-bond acceptors (Lipinski definition) is 7. The average Bonchev–Trinajstić information content (AvgIpc) is 3.51. The van der Waals surface area contributed by atoms with E-state index < -0.39 is 12.5 Å². The Balaban J connectivity index is 1.17. The first-order chi connectivity index (χ1) is 17.5. The fourth-order valence-corrected chi connectivity index (χ4v) is 4.59. The Morgan fingerprint density at radius 2 is 1.69 bits per heavy atom. The lowest BCUT2D eigenvalue weighted by Crippen LogP contribution is -2.35. The smallest absolute Gasteiger partial charge is 0.238 e. The average molecular weight is 489 g/mol. The molecule has 0 saturated carbocycles. The molecule has 0 bridgehead atoms. The first-order valence-corrected chi connectivity index (χ1v) is 12.4. The first kappa shape index (κ1) is 24.5. The van der Waals surface area contributed by atoms with Gasteiger partial charge in [0.2, 0.25) is 6.41 Å². The predicted octanol–water partition coefficient (Wildman–Crippen LogP) is 2.35. The molecule has 0 aliphatic carbocycles. The minimum Gasteiger partial charge on any atom is -0.385 e. The molecule has 2 N–H and O–H groups in total. The van der Waals surface area contributed by atoms with Crippen LogP contribution in [-0.4, -0.2) is 70.0 Å². The number of anilines is 1. The molecular weight excluding hydrogens is 456 g/mol. The van der Waals surface area contributed by atoms with Crippen LogP contribution in [0.3, 0.4) is 0 Å². The fraction of sp³-hybridized carbons (Fsp3) is 0.393. The van der Waals surface area contributed by atoms with Crippen molar-refractivity contribution in [2.45, 2.75) is 38.6 Å². The summed E-state index contributed by atoms with van der Waals surface area (Å²) < 4.78 is 13.0. The van der Waals surface area contributed by atoms with Crippen molar-refractivity contribution in [3.05, 3.63) is 83.4 Å². The summed E-state index contributed by atoms with van der Waals surface area (Å²) >= 11 is 0. The molecule has 8 heteroatoms. The first-order valence-electron chi connectivity index (χ1n) is 12.4. The minimum atomic E-state index is -1.03. The second kappa shape index (κ2) is 11.2. The summed E-state index contributed by atoms with van der Waals surface area (Å²) in [5, 5.41) is 20.3. The standard InChI is InChI=1S/C28H32N4O4/c1-21(33)27-29-12-13-31(27)19-26-20-32(28(34)36-26)25-10-8-23(9-11-25)3-2-22-4-6-24(7-5-22)18-30-14-16-35-17-15-30/h4-13,21,26,28,33-34H,14-20H2,1H3. The van der Waals surface area contributed by atoms with Crippen LogP contribution in [0.5, 0.6) is 0 Å². The number of morpholine rings is 1. The van der Waals surface area contributed by atoms with Gasteiger partial charge in [-0.25, -0.2) is 4.98 Å². The molecule has 36 heavy (non-hydrogen) atoms. The van der Waals surface area contributed by atoms with E-state index in [4.69, 9.17) is 9.47 Å². The molecule has 3 atom stereocenters. The molecule has 3 heterocycles. The third kappa shape index (κ3) is 5.95. The van der Waals surface area contributed by atoms with Crippen LogP contribution < -0.4 is 4.90 Å². The fourth-order valence-electron chi connectivity index (χ4n) is 4.59. The quantitative estimate of drug-likeness (QED) is 0.516. The number of aromatic nitrogens is 2. The van der Waals surface area contributed by atoms with Gasteiger partial charge in [0.15, 0.2) is 0 Å². The largest absolute Gasteiger partial charge is 0.385 e. The molecule has 8 nitrogen and oxygen atoms in total. The second-order valence-electron chi connectivity index (χ2n) is 9.23. The highest BCUT2D eigenvalue weighted by molar-refractivity contribution is 5.52. The van der Waals surface area contributed by atoms with Crippen LogP contribution in [0.1, 0.15) is 35.5 Å². The van der Waals surface area contributed by atoms with E-state index >= 15 is 0 Å². The Hall–Kier alpha value is -3.19. The molecule has 2 fully saturated rings. The SMILES string of the molecule is CC(O)c1nccn1CC1CN(c2ccc(C#Cc3ccc(CN4CCOCC4)cc3)cc2)C(O)O1. The normalized spacial score (nSPS) is 21.2. The van der Waals surface area contributed by atoms with E-state index in [-0.39, 0.29) is 6.10 Å². The van der Waals surface area contributed by atoms with Crippen molar-refractivity contribution < 1.29 is 19.7 Å². The van der Waals surface area contributed by atoms with Crippen LogP contribution in [0, 0.1) is 11.8 Å². The number of nitrogens with zero attached hydrogens (tertiary/aromatic N) is 4. The van der Waals surface area contributed by atoms with Gasteiger partial charge >= 0.3 is 0 Å². The zero-order valence-electron chi connectivity index (χ0n) is 20.5. The summed E-state index contributed by atoms with van der Waals surface area (Å²) in [6.07, 6.45) is 1.55. The molecule has 3 aromatic rings. The molecule has 188 valence electrons. The molecule has 2 aliphatic rings. The molecule has 3 unspecified atom stereocenters. The van der Waals surface area contributed by atoms with Crippen LogP contribution in [0.2, 0.25) is 0 Å². The molecule has 2 aliphatic heterocycles. The van der Waals surface area contributed by atoms with Gasteiger partial charge in [-0.3, -0.25) is 4.90 Å². The Labute approximate surface area is 211 Å². The van der Waals surface area contributed by atoms with Crippen molar-refractivity contribution in [3.63, 3.8) is 0 Å².